The number of rotatable bonds is 3. The van der Waals surface area contributed by atoms with Crippen LogP contribution in [0.5, 0.6) is 5.88 Å². The maximum absolute atomic E-state index is 13.4. The minimum Gasteiger partial charge on any atom is -0.476 e. The lowest BCUT2D eigenvalue weighted by Crippen LogP contribution is -2.48. The monoisotopic (exact) mass is 415 g/mol. The van der Waals surface area contributed by atoms with Crippen molar-refractivity contribution in [3.05, 3.63) is 35.5 Å². The zero-order valence-electron chi connectivity index (χ0n) is 16.0. The topological polar surface area (TPSA) is 90.4 Å². The number of carbonyl (C=O) groups is 1. The predicted molar refractivity (Wildman–Crippen MR) is 98.4 cm³/mol. The van der Waals surface area contributed by atoms with Crippen molar-refractivity contribution in [1.29, 1.82) is 0 Å². The number of nitrogens with zero attached hydrogens (tertiary/aromatic N) is 7. The fraction of sp³-hybridized carbons (Fsp3) is 0.526. The standard InChI is InChI=1S/C19H19F2N7O2/c20-17(21)12-7-15(28-19(24-12)22-9-23-28)11-3-1-10-2-4-14(11)27(10)18(29)13-8-16-26(25-13)5-6-30-16/h7-11,14,17H,1-6H2/t10-,11-,14-/m0/s1. The zero-order valence-corrected chi connectivity index (χ0v) is 16.0. The van der Waals surface area contributed by atoms with E-state index < -0.39 is 6.43 Å². The maximum atomic E-state index is 13.4. The van der Waals surface area contributed by atoms with E-state index in [1.54, 1.807) is 10.7 Å². The Bertz CT molecular complexity index is 1120. The van der Waals surface area contributed by atoms with Gasteiger partial charge in [0.2, 0.25) is 5.88 Å². The second-order valence-electron chi connectivity index (χ2n) is 8.01. The van der Waals surface area contributed by atoms with Gasteiger partial charge in [-0.2, -0.15) is 15.2 Å². The lowest BCUT2D eigenvalue weighted by atomic mass is 9.86. The summed E-state index contributed by atoms with van der Waals surface area (Å²) in [7, 11) is 0. The minimum atomic E-state index is -2.70. The molecule has 0 spiro atoms. The number of aromatic nitrogens is 6. The van der Waals surface area contributed by atoms with Gasteiger partial charge in [-0.3, -0.25) is 4.79 Å². The van der Waals surface area contributed by atoms with E-state index in [0.29, 0.717) is 30.4 Å². The number of alkyl halides is 2. The molecule has 3 atom stereocenters. The maximum Gasteiger partial charge on any atom is 0.280 e. The molecule has 3 aliphatic heterocycles. The van der Waals surface area contributed by atoms with Crippen LogP contribution in [0.4, 0.5) is 8.78 Å². The third-order valence-corrected chi connectivity index (χ3v) is 6.47. The molecule has 0 N–H and O–H groups in total. The van der Waals surface area contributed by atoms with E-state index in [1.165, 1.54) is 16.9 Å². The van der Waals surface area contributed by atoms with Crippen molar-refractivity contribution in [3.63, 3.8) is 0 Å². The van der Waals surface area contributed by atoms with Gasteiger partial charge in [0.25, 0.3) is 18.1 Å². The van der Waals surface area contributed by atoms with E-state index in [2.05, 4.69) is 20.2 Å². The molecule has 156 valence electrons. The Balaban J connectivity index is 1.38. The van der Waals surface area contributed by atoms with Crippen molar-refractivity contribution >= 4 is 11.7 Å². The molecule has 3 aromatic heterocycles. The summed E-state index contributed by atoms with van der Waals surface area (Å²) < 4.78 is 35.6. The summed E-state index contributed by atoms with van der Waals surface area (Å²) in [6.45, 7) is 1.20. The van der Waals surface area contributed by atoms with E-state index in [4.69, 9.17) is 4.74 Å². The van der Waals surface area contributed by atoms with Crippen molar-refractivity contribution in [1.82, 2.24) is 34.3 Å². The molecule has 1 amide bonds. The van der Waals surface area contributed by atoms with Gasteiger partial charge in [-0.25, -0.2) is 23.0 Å². The SMILES string of the molecule is O=C(c1cc2n(n1)CCO2)N1[C@H]2CC[C@H](c3cc(C(F)F)nc4ncnn34)[C@@H]1CC2. The molecular weight excluding hydrogens is 396 g/mol. The summed E-state index contributed by atoms with van der Waals surface area (Å²) in [4.78, 5) is 23.2. The van der Waals surface area contributed by atoms with Gasteiger partial charge in [-0.1, -0.05) is 0 Å². The van der Waals surface area contributed by atoms with Crippen LogP contribution in [-0.2, 0) is 6.54 Å². The molecule has 2 bridgehead atoms. The average Bonchev–Trinajstić information content (AvgIpc) is 3.49. The molecule has 6 rings (SSSR count). The van der Waals surface area contributed by atoms with Crippen molar-refractivity contribution in [2.24, 2.45) is 0 Å². The fourth-order valence-electron chi connectivity index (χ4n) is 5.20. The molecule has 0 radical (unpaired) electrons. The van der Waals surface area contributed by atoms with E-state index in [9.17, 15) is 13.6 Å². The number of hydrogen-bond acceptors (Lipinski definition) is 6. The molecule has 11 heteroatoms. The molecule has 0 saturated carbocycles. The van der Waals surface area contributed by atoms with Gasteiger partial charge in [-0.15, -0.1) is 0 Å². The summed E-state index contributed by atoms with van der Waals surface area (Å²) in [5.41, 5.74) is 0.689. The number of halogens is 2. The number of fused-ring (bicyclic) bond motifs is 4. The Morgan fingerprint density at radius 1 is 1.20 bits per heavy atom. The van der Waals surface area contributed by atoms with Crippen molar-refractivity contribution in [3.8, 4) is 5.88 Å². The van der Waals surface area contributed by atoms with Gasteiger partial charge in [-0.05, 0) is 31.7 Å². The fourth-order valence-corrected chi connectivity index (χ4v) is 5.20. The number of ether oxygens (including phenoxy) is 1. The molecule has 9 nitrogen and oxygen atoms in total. The molecule has 3 aliphatic rings. The average molecular weight is 415 g/mol. The highest BCUT2D eigenvalue weighted by atomic mass is 19.3. The van der Waals surface area contributed by atoms with Crippen molar-refractivity contribution in [2.45, 2.75) is 56.7 Å². The first-order valence-electron chi connectivity index (χ1n) is 10.1. The molecule has 0 unspecified atom stereocenters. The first kappa shape index (κ1) is 17.7. The van der Waals surface area contributed by atoms with Crippen LogP contribution in [0, 0.1) is 0 Å². The number of piperidine rings is 1. The lowest BCUT2D eigenvalue weighted by molar-refractivity contribution is 0.0546. The van der Waals surface area contributed by atoms with Crippen LogP contribution in [0.2, 0.25) is 0 Å². The van der Waals surface area contributed by atoms with Crippen molar-refractivity contribution < 1.29 is 18.3 Å². The Labute approximate surface area is 169 Å². The van der Waals surface area contributed by atoms with Crippen LogP contribution < -0.4 is 4.74 Å². The van der Waals surface area contributed by atoms with Crippen LogP contribution in [0.1, 0.15) is 59.9 Å². The van der Waals surface area contributed by atoms with Gasteiger partial charge < -0.3 is 9.64 Å². The van der Waals surface area contributed by atoms with Gasteiger partial charge in [0.15, 0.2) is 5.69 Å². The molecule has 2 fully saturated rings. The predicted octanol–water partition coefficient (Wildman–Crippen LogP) is 2.20. The van der Waals surface area contributed by atoms with Gasteiger partial charge >= 0.3 is 0 Å². The smallest absolute Gasteiger partial charge is 0.280 e. The summed E-state index contributed by atoms with van der Waals surface area (Å²) >= 11 is 0. The highest BCUT2D eigenvalue weighted by Gasteiger charge is 2.47. The molecule has 6 heterocycles. The zero-order chi connectivity index (χ0) is 20.4. The Hall–Kier alpha value is -3.11. The third kappa shape index (κ3) is 2.53. The van der Waals surface area contributed by atoms with Crippen LogP contribution in [0.3, 0.4) is 0 Å². The Morgan fingerprint density at radius 3 is 2.90 bits per heavy atom. The molecule has 0 aliphatic carbocycles. The third-order valence-electron chi connectivity index (χ3n) is 6.47. The molecule has 3 aromatic rings. The second kappa shape index (κ2) is 6.44. The van der Waals surface area contributed by atoms with Crippen molar-refractivity contribution in [2.75, 3.05) is 6.61 Å². The number of hydrogen-bond donors (Lipinski definition) is 0. The summed E-state index contributed by atoms with van der Waals surface area (Å²) in [5.74, 6) is 0.515. The normalized spacial score (nSPS) is 25.2. The highest BCUT2D eigenvalue weighted by Crippen LogP contribution is 2.45. The lowest BCUT2D eigenvalue weighted by Gasteiger charge is -2.40. The van der Waals surface area contributed by atoms with E-state index in [1.807, 2.05) is 4.90 Å². The Kier molecular flexibility index (Phi) is 3.81. The van der Waals surface area contributed by atoms with E-state index >= 15 is 0 Å². The minimum absolute atomic E-state index is 0.103. The first-order valence-corrected chi connectivity index (χ1v) is 10.1. The number of carbonyl (C=O) groups excluding carboxylic acids is 1. The summed E-state index contributed by atoms with van der Waals surface area (Å²) in [6, 6.07) is 3.14. The highest BCUT2D eigenvalue weighted by molar-refractivity contribution is 5.93. The van der Waals surface area contributed by atoms with E-state index in [-0.39, 0.29) is 35.4 Å². The quantitative estimate of drug-likeness (QED) is 0.652. The molecule has 30 heavy (non-hydrogen) atoms. The van der Waals surface area contributed by atoms with Gasteiger partial charge in [0.1, 0.15) is 18.6 Å². The van der Waals surface area contributed by atoms with Crippen LogP contribution in [0.15, 0.2) is 18.5 Å². The summed E-state index contributed by atoms with van der Waals surface area (Å²) in [6.07, 6.45) is 1.92. The van der Waals surface area contributed by atoms with E-state index in [0.717, 1.165) is 25.7 Å². The van der Waals surface area contributed by atoms with Gasteiger partial charge in [0.05, 0.1) is 12.2 Å². The van der Waals surface area contributed by atoms with Crippen LogP contribution in [0.25, 0.3) is 5.78 Å². The summed E-state index contributed by atoms with van der Waals surface area (Å²) in [5, 5.41) is 8.60. The largest absolute Gasteiger partial charge is 0.476 e. The Morgan fingerprint density at radius 2 is 2.07 bits per heavy atom. The van der Waals surface area contributed by atoms with Crippen LogP contribution in [-0.4, -0.2) is 58.9 Å². The van der Waals surface area contributed by atoms with Gasteiger partial charge in [0, 0.05) is 24.1 Å². The molecular formula is C19H19F2N7O2. The second-order valence-corrected chi connectivity index (χ2v) is 8.01. The number of amides is 1. The first-order chi connectivity index (χ1) is 14.6. The molecule has 2 saturated heterocycles. The molecule has 0 aromatic carbocycles. The van der Waals surface area contributed by atoms with Crippen LogP contribution >= 0.6 is 0 Å².